The van der Waals surface area contributed by atoms with Gasteiger partial charge in [0, 0.05) is 33.0 Å². The zero-order valence-corrected chi connectivity index (χ0v) is 13.3. The Labute approximate surface area is 132 Å². The maximum atomic E-state index is 4.74. The molecule has 5 heteroatoms. The predicted molar refractivity (Wildman–Crippen MR) is 87.6 cm³/mol. The molecule has 5 nitrogen and oxygen atoms in total. The van der Waals surface area contributed by atoms with Gasteiger partial charge in [-0.15, -0.1) is 0 Å². The lowest BCUT2D eigenvalue weighted by Gasteiger charge is -2.35. The summed E-state index contributed by atoms with van der Waals surface area (Å²) < 4.78 is 0. The highest BCUT2D eigenvalue weighted by Crippen LogP contribution is 2.31. The van der Waals surface area contributed by atoms with Crippen LogP contribution < -0.4 is 4.90 Å². The van der Waals surface area contributed by atoms with Crippen LogP contribution in [0.25, 0.3) is 0 Å². The molecule has 116 valence electrons. The first-order valence-electron chi connectivity index (χ1n) is 7.88. The molecule has 0 aliphatic carbocycles. The van der Waals surface area contributed by atoms with E-state index in [0.717, 1.165) is 36.8 Å². The number of anilines is 1. The van der Waals surface area contributed by atoms with Gasteiger partial charge >= 0.3 is 0 Å². The molecule has 1 saturated heterocycles. The number of piperidine rings is 1. The molecular formula is C17H23N5. The Kier molecular flexibility index (Phi) is 4.63. The number of likely N-dealkylation sites (tertiary alicyclic amines) is 1. The summed E-state index contributed by atoms with van der Waals surface area (Å²) in [5.41, 5.74) is 2.24. The van der Waals surface area contributed by atoms with E-state index in [1.165, 1.54) is 12.8 Å². The highest BCUT2D eigenvalue weighted by molar-refractivity contribution is 5.28. The Morgan fingerprint density at radius 3 is 2.82 bits per heavy atom. The molecule has 2 aromatic heterocycles. The van der Waals surface area contributed by atoms with Gasteiger partial charge in [-0.05, 0) is 37.6 Å². The Bertz CT molecular complexity index is 599. The van der Waals surface area contributed by atoms with Gasteiger partial charge in [0.15, 0.2) is 0 Å². The molecule has 0 radical (unpaired) electrons. The van der Waals surface area contributed by atoms with Gasteiger partial charge in [-0.1, -0.05) is 12.5 Å². The minimum absolute atomic E-state index is 0.359. The van der Waals surface area contributed by atoms with Crippen LogP contribution in [0.3, 0.4) is 0 Å². The summed E-state index contributed by atoms with van der Waals surface area (Å²) in [6.45, 7) is 1.98. The Balaban J connectivity index is 1.82. The zero-order valence-electron chi connectivity index (χ0n) is 13.3. The summed E-state index contributed by atoms with van der Waals surface area (Å²) in [6.07, 6.45) is 7.38. The van der Waals surface area contributed by atoms with Crippen LogP contribution in [-0.2, 0) is 6.54 Å². The maximum absolute atomic E-state index is 4.74. The lowest BCUT2D eigenvalue weighted by molar-refractivity contribution is 0.135. The lowest BCUT2D eigenvalue weighted by Crippen LogP contribution is -2.34. The molecule has 0 saturated carbocycles. The Morgan fingerprint density at radius 1 is 1.14 bits per heavy atom. The highest BCUT2D eigenvalue weighted by atomic mass is 15.2. The molecule has 0 N–H and O–H groups in total. The van der Waals surface area contributed by atoms with E-state index < -0.39 is 0 Å². The largest absolute Gasteiger partial charge is 0.347 e. The van der Waals surface area contributed by atoms with E-state index in [1.807, 2.05) is 37.5 Å². The predicted octanol–water partition coefficient (Wildman–Crippen LogP) is 2.66. The van der Waals surface area contributed by atoms with Crippen LogP contribution in [0.1, 0.15) is 36.7 Å². The molecule has 0 unspecified atom stereocenters. The second-order valence-electron chi connectivity index (χ2n) is 5.98. The zero-order chi connectivity index (χ0) is 15.4. The molecule has 1 aliphatic rings. The van der Waals surface area contributed by atoms with E-state index in [-0.39, 0.29) is 0 Å². The van der Waals surface area contributed by atoms with E-state index in [4.69, 9.17) is 4.98 Å². The fraction of sp³-hybridized carbons (Fsp3) is 0.471. The molecule has 0 bridgehead atoms. The topological polar surface area (TPSA) is 45.2 Å². The number of pyridine rings is 1. The van der Waals surface area contributed by atoms with Crippen molar-refractivity contribution < 1.29 is 0 Å². The SMILES string of the molecule is CN(C)c1nccc([C@H]2CCCCN2Cc2ccccn2)n1. The Morgan fingerprint density at radius 2 is 2.05 bits per heavy atom. The van der Waals surface area contributed by atoms with Gasteiger partial charge < -0.3 is 4.90 Å². The minimum atomic E-state index is 0.359. The van der Waals surface area contributed by atoms with Gasteiger partial charge in [-0.25, -0.2) is 9.97 Å². The third kappa shape index (κ3) is 3.42. The molecule has 1 aliphatic heterocycles. The van der Waals surface area contributed by atoms with Crippen LogP contribution in [0.2, 0.25) is 0 Å². The fourth-order valence-corrected chi connectivity index (χ4v) is 2.98. The van der Waals surface area contributed by atoms with Crippen LogP contribution in [-0.4, -0.2) is 40.5 Å². The number of rotatable bonds is 4. The molecule has 3 rings (SSSR count). The van der Waals surface area contributed by atoms with Crippen LogP contribution in [0.4, 0.5) is 5.95 Å². The quantitative estimate of drug-likeness (QED) is 0.868. The van der Waals surface area contributed by atoms with Crippen molar-refractivity contribution in [2.75, 3.05) is 25.5 Å². The molecular weight excluding hydrogens is 274 g/mol. The van der Waals surface area contributed by atoms with Gasteiger partial charge in [-0.2, -0.15) is 0 Å². The third-order valence-electron chi connectivity index (χ3n) is 4.11. The molecule has 0 spiro atoms. The third-order valence-corrected chi connectivity index (χ3v) is 4.11. The van der Waals surface area contributed by atoms with Crippen molar-refractivity contribution in [3.8, 4) is 0 Å². The molecule has 1 atom stereocenters. The van der Waals surface area contributed by atoms with Crippen molar-refractivity contribution in [1.29, 1.82) is 0 Å². The van der Waals surface area contributed by atoms with Crippen molar-refractivity contribution in [1.82, 2.24) is 19.9 Å². The summed E-state index contributed by atoms with van der Waals surface area (Å²) in [7, 11) is 3.96. The molecule has 0 aromatic carbocycles. The molecule has 2 aromatic rings. The van der Waals surface area contributed by atoms with Crippen LogP contribution in [0.15, 0.2) is 36.7 Å². The van der Waals surface area contributed by atoms with Crippen molar-refractivity contribution in [2.24, 2.45) is 0 Å². The van der Waals surface area contributed by atoms with Gasteiger partial charge in [0.1, 0.15) is 0 Å². The monoisotopic (exact) mass is 297 g/mol. The maximum Gasteiger partial charge on any atom is 0.225 e. The second kappa shape index (κ2) is 6.83. The smallest absolute Gasteiger partial charge is 0.225 e. The Hall–Kier alpha value is -2.01. The number of hydrogen-bond donors (Lipinski definition) is 0. The van der Waals surface area contributed by atoms with Gasteiger partial charge in [0.05, 0.1) is 17.4 Å². The molecule has 3 heterocycles. The normalized spacial score (nSPS) is 19.1. The van der Waals surface area contributed by atoms with E-state index in [0.29, 0.717) is 6.04 Å². The van der Waals surface area contributed by atoms with Crippen molar-refractivity contribution in [2.45, 2.75) is 31.8 Å². The van der Waals surface area contributed by atoms with E-state index in [1.54, 1.807) is 0 Å². The fourth-order valence-electron chi connectivity index (χ4n) is 2.98. The first kappa shape index (κ1) is 14.9. The minimum Gasteiger partial charge on any atom is -0.347 e. The van der Waals surface area contributed by atoms with E-state index >= 15 is 0 Å². The average molecular weight is 297 g/mol. The number of nitrogens with zero attached hydrogens (tertiary/aromatic N) is 5. The summed E-state index contributed by atoms with van der Waals surface area (Å²) in [6, 6.07) is 8.52. The highest BCUT2D eigenvalue weighted by Gasteiger charge is 2.25. The van der Waals surface area contributed by atoms with Crippen molar-refractivity contribution in [3.05, 3.63) is 48.0 Å². The first-order valence-corrected chi connectivity index (χ1v) is 7.88. The van der Waals surface area contributed by atoms with Gasteiger partial charge in [0.25, 0.3) is 0 Å². The van der Waals surface area contributed by atoms with E-state index in [9.17, 15) is 0 Å². The summed E-state index contributed by atoms with van der Waals surface area (Å²) in [5.74, 6) is 0.779. The first-order chi connectivity index (χ1) is 10.7. The second-order valence-corrected chi connectivity index (χ2v) is 5.98. The molecule has 1 fully saturated rings. The van der Waals surface area contributed by atoms with E-state index in [2.05, 4.69) is 33.1 Å². The van der Waals surface area contributed by atoms with Crippen LogP contribution >= 0.6 is 0 Å². The summed E-state index contributed by atoms with van der Waals surface area (Å²) in [4.78, 5) is 18.0. The standard InChI is InChI=1S/C17H23N5/c1-21(2)17-19-11-9-15(20-17)16-8-4-6-12-22(16)13-14-7-3-5-10-18-14/h3,5,7,9-11,16H,4,6,8,12-13H2,1-2H3/t16-/m1/s1. The van der Waals surface area contributed by atoms with Crippen molar-refractivity contribution >= 4 is 5.95 Å². The number of aromatic nitrogens is 3. The van der Waals surface area contributed by atoms with Crippen LogP contribution in [0, 0.1) is 0 Å². The van der Waals surface area contributed by atoms with Crippen LogP contribution in [0.5, 0.6) is 0 Å². The number of hydrogen-bond acceptors (Lipinski definition) is 5. The molecule has 0 amide bonds. The summed E-state index contributed by atoms with van der Waals surface area (Å²) in [5, 5.41) is 0. The van der Waals surface area contributed by atoms with Crippen molar-refractivity contribution in [3.63, 3.8) is 0 Å². The molecule has 22 heavy (non-hydrogen) atoms. The van der Waals surface area contributed by atoms with Gasteiger partial charge in [-0.3, -0.25) is 9.88 Å². The summed E-state index contributed by atoms with van der Waals surface area (Å²) >= 11 is 0. The lowest BCUT2D eigenvalue weighted by atomic mass is 9.99. The van der Waals surface area contributed by atoms with Gasteiger partial charge in [0.2, 0.25) is 5.95 Å². The average Bonchev–Trinajstić information content (AvgIpc) is 2.56.